The maximum Gasteiger partial charge on any atom is 0.0789 e. The fourth-order valence-corrected chi connectivity index (χ4v) is 6.69. The predicted molar refractivity (Wildman–Crippen MR) is 177 cm³/mol. The Bertz CT molecular complexity index is 1660. The molecule has 0 saturated heterocycles. The highest BCUT2D eigenvalue weighted by molar-refractivity contribution is 9.10. The third kappa shape index (κ3) is 5.65. The van der Waals surface area contributed by atoms with Crippen LogP contribution in [0.4, 0.5) is 17.1 Å². The highest BCUT2D eigenvalue weighted by atomic mass is 79.9. The molecule has 39 heavy (non-hydrogen) atoms. The minimum Gasteiger partial charge on any atom is -0.307 e. The normalized spacial score (nSPS) is 12.2. The number of rotatable bonds is 4. The average molecular weight is 638 g/mol. The summed E-state index contributed by atoms with van der Waals surface area (Å²) in [4.78, 5) is 2.28. The lowest BCUT2D eigenvalue weighted by Gasteiger charge is -2.30. The van der Waals surface area contributed by atoms with E-state index in [9.17, 15) is 0 Å². The maximum absolute atomic E-state index is 7.04. The molecule has 200 valence electrons. The van der Waals surface area contributed by atoms with Gasteiger partial charge in [-0.1, -0.05) is 107 Å². The molecule has 0 aliphatic carbocycles. The molecule has 1 aromatic heterocycles. The molecule has 5 heteroatoms. The topological polar surface area (TPSA) is 3.24 Å². The first-order valence-electron chi connectivity index (χ1n) is 13.0. The van der Waals surface area contributed by atoms with Crippen molar-refractivity contribution in [2.24, 2.45) is 0 Å². The first-order valence-corrected chi connectivity index (χ1v) is 15.4. The average Bonchev–Trinajstić information content (AvgIpc) is 3.29. The van der Waals surface area contributed by atoms with E-state index in [4.69, 9.17) is 23.2 Å². The number of thiophene rings is 1. The molecule has 0 bridgehead atoms. The molecule has 4 aromatic carbocycles. The van der Waals surface area contributed by atoms with E-state index >= 15 is 0 Å². The van der Waals surface area contributed by atoms with Crippen molar-refractivity contribution in [3.8, 4) is 11.1 Å². The fourth-order valence-electron chi connectivity index (χ4n) is 4.80. The predicted octanol–water partition coefficient (Wildman–Crippen LogP) is 12.7. The summed E-state index contributed by atoms with van der Waals surface area (Å²) in [6.07, 6.45) is 0. The van der Waals surface area contributed by atoms with Gasteiger partial charge in [-0.25, -0.2) is 0 Å². The Morgan fingerprint density at radius 1 is 0.692 bits per heavy atom. The Balaban J connectivity index is 1.88. The van der Waals surface area contributed by atoms with Crippen LogP contribution in [0.3, 0.4) is 0 Å². The fraction of sp³-hybridized carbons (Fsp3) is 0.235. The second-order valence-corrected chi connectivity index (χ2v) is 14.6. The molecule has 0 amide bonds. The van der Waals surface area contributed by atoms with E-state index in [1.165, 1.54) is 21.2 Å². The SMILES string of the molecule is CC(C)(C)c1ccc(N(c2cc(Cl)cc(Br)c2Cl)c2csc3ccc(C(C)(C)C)cc23)c(-c2ccccc2)c1. The van der Waals surface area contributed by atoms with Crippen molar-refractivity contribution in [3.05, 3.63) is 110 Å². The summed E-state index contributed by atoms with van der Waals surface area (Å²) in [6, 6.07) is 28.0. The van der Waals surface area contributed by atoms with Crippen molar-refractivity contribution in [2.75, 3.05) is 4.90 Å². The molecule has 0 aliphatic rings. The Hall–Kier alpha value is -2.30. The minimum atomic E-state index is 0.000304. The number of anilines is 3. The van der Waals surface area contributed by atoms with Crippen molar-refractivity contribution in [1.29, 1.82) is 0 Å². The van der Waals surface area contributed by atoms with Gasteiger partial charge in [-0.3, -0.25) is 0 Å². The van der Waals surface area contributed by atoms with Gasteiger partial charge in [0.05, 0.1) is 22.1 Å². The van der Waals surface area contributed by atoms with Crippen LogP contribution in [-0.4, -0.2) is 0 Å². The van der Waals surface area contributed by atoms with E-state index in [1.807, 2.05) is 12.1 Å². The standard InChI is InChI=1S/C34H32BrCl2NS/c1-33(2,3)22-12-14-28(25(16-22)21-10-8-7-9-11-21)38(29-19-24(36)18-27(35)32(29)37)30-20-39-31-15-13-23(17-26(30)31)34(4,5)6/h7-20H,1-6H3. The lowest BCUT2D eigenvalue weighted by atomic mass is 9.84. The molecule has 5 rings (SSSR count). The van der Waals surface area contributed by atoms with Crippen molar-refractivity contribution in [3.63, 3.8) is 0 Å². The lowest BCUT2D eigenvalue weighted by molar-refractivity contribution is 0.590. The van der Waals surface area contributed by atoms with E-state index in [-0.39, 0.29) is 10.8 Å². The van der Waals surface area contributed by atoms with Crippen molar-refractivity contribution < 1.29 is 0 Å². The summed E-state index contributed by atoms with van der Waals surface area (Å²) in [5, 5.41) is 4.66. The Morgan fingerprint density at radius 2 is 1.33 bits per heavy atom. The Morgan fingerprint density at radius 3 is 2.00 bits per heavy atom. The third-order valence-corrected chi connectivity index (χ3v) is 9.48. The van der Waals surface area contributed by atoms with Crippen molar-refractivity contribution in [1.82, 2.24) is 0 Å². The molecule has 0 atom stereocenters. The molecule has 0 N–H and O–H groups in total. The molecule has 0 fully saturated rings. The molecule has 1 nitrogen and oxygen atoms in total. The van der Waals surface area contributed by atoms with Gasteiger partial charge < -0.3 is 4.90 Å². The minimum absolute atomic E-state index is 0.000304. The van der Waals surface area contributed by atoms with Gasteiger partial charge in [0.25, 0.3) is 0 Å². The number of hydrogen-bond acceptors (Lipinski definition) is 2. The van der Waals surface area contributed by atoms with Crippen LogP contribution in [0.2, 0.25) is 10.0 Å². The van der Waals surface area contributed by atoms with E-state index in [1.54, 1.807) is 11.3 Å². The zero-order valence-electron chi connectivity index (χ0n) is 23.1. The molecule has 0 saturated carbocycles. The molecule has 1 heterocycles. The Kier molecular flexibility index (Phi) is 7.67. The van der Waals surface area contributed by atoms with Crippen LogP contribution in [0.25, 0.3) is 21.2 Å². The molecule has 5 aromatic rings. The van der Waals surface area contributed by atoms with Gasteiger partial charge in [-0.2, -0.15) is 0 Å². The van der Waals surface area contributed by atoms with E-state index in [0.717, 1.165) is 32.7 Å². The van der Waals surface area contributed by atoms with Crippen LogP contribution < -0.4 is 4.90 Å². The summed E-state index contributed by atoms with van der Waals surface area (Å²) in [7, 11) is 0. The number of halogens is 3. The first kappa shape index (κ1) is 28.2. The summed E-state index contributed by atoms with van der Waals surface area (Å²) in [6.45, 7) is 13.5. The number of nitrogens with zero attached hydrogens (tertiary/aromatic N) is 1. The quantitative estimate of drug-likeness (QED) is 0.177. The van der Waals surface area contributed by atoms with Gasteiger partial charge in [0, 0.05) is 30.5 Å². The van der Waals surface area contributed by atoms with Crippen LogP contribution in [-0.2, 0) is 10.8 Å². The smallest absolute Gasteiger partial charge is 0.0789 e. The highest BCUT2D eigenvalue weighted by Crippen LogP contribution is 2.50. The monoisotopic (exact) mass is 635 g/mol. The van der Waals surface area contributed by atoms with Gasteiger partial charge in [0.2, 0.25) is 0 Å². The molecule has 0 aliphatic heterocycles. The molecule has 0 radical (unpaired) electrons. The van der Waals surface area contributed by atoms with Gasteiger partial charge >= 0.3 is 0 Å². The largest absolute Gasteiger partial charge is 0.307 e. The second kappa shape index (κ2) is 10.6. The lowest BCUT2D eigenvalue weighted by Crippen LogP contribution is -2.15. The van der Waals surface area contributed by atoms with E-state index in [0.29, 0.717) is 10.0 Å². The summed E-state index contributed by atoms with van der Waals surface area (Å²) in [5.74, 6) is 0. The van der Waals surface area contributed by atoms with Crippen molar-refractivity contribution >= 4 is 77.6 Å². The van der Waals surface area contributed by atoms with Gasteiger partial charge in [0.1, 0.15) is 0 Å². The third-order valence-electron chi connectivity index (χ3n) is 7.06. The number of hydrogen-bond donors (Lipinski definition) is 0. The highest BCUT2D eigenvalue weighted by Gasteiger charge is 2.26. The first-order chi connectivity index (χ1) is 18.3. The van der Waals surface area contributed by atoms with Gasteiger partial charge in [-0.15, -0.1) is 11.3 Å². The van der Waals surface area contributed by atoms with Crippen LogP contribution in [0, 0.1) is 0 Å². The van der Waals surface area contributed by atoms with Crippen LogP contribution in [0.15, 0.2) is 88.7 Å². The second-order valence-electron chi connectivity index (χ2n) is 12.0. The zero-order chi connectivity index (χ0) is 28.1. The molecular weight excluding hydrogens is 605 g/mol. The summed E-state index contributed by atoms with van der Waals surface area (Å²) in [5.41, 5.74) is 7.84. The molecule has 0 unspecified atom stereocenters. The molecule has 0 spiro atoms. The van der Waals surface area contributed by atoms with E-state index in [2.05, 4.69) is 134 Å². The van der Waals surface area contributed by atoms with Crippen LogP contribution in [0.5, 0.6) is 0 Å². The van der Waals surface area contributed by atoms with E-state index < -0.39 is 0 Å². The maximum atomic E-state index is 7.04. The summed E-state index contributed by atoms with van der Waals surface area (Å²) < 4.78 is 1.99. The van der Waals surface area contributed by atoms with Gasteiger partial charge in [-0.05, 0) is 79.8 Å². The zero-order valence-corrected chi connectivity index (χ0v) is 27.0. The van der Waals surface area contributed by atoms with Crippen molar-refractivity contribution in [2.45, 2.75) is 52.4 Å². The van der Waals surface area contributed by atoms with Gasteiger partial charge in [0.15, 0.2) is 0 Å². The number of fused-ring (bicyclic) bond motifs is 1. The number of benzene rings is 4. The summed E-state index contributed by atoms with van der Waals surface area (Å²) >= 11 is 19.1. The van der Waals surface area contributed by atoms with Crippen LogP contribution >= 0.6 is 50.5 Å². The van der Waals surface area contributed by atoms with Crippen LogP contribution in [0.1, 0.15) is 52.7 Å². The Labute approximate surface area is 254 Å². The molecular formula is C34H32BrCl2NS.